The molecule has 0 radical (unpaired) electrons. The Hall–Kier alpha value is -0.380. The summed E-state index contributed by atoms with van der Waals surface area (Å²) >= 11 is 0. The molecule has 0 spiro atoms. The molecule has 0 saturated heterocycles. The van der Waals surface area contributed by atoms with Gasteiger partial charge in [0.25, 0.3) is 10.2 Å². The molecule has 0 aromatic rings. The molecule has 0 saturated carbocycles. The Morgan fingerprint density at radius 3 is 2.29 bits per heavy atom. The minimum atomic E-state index is -4.60. The van der Waals surface area contributed by atoms with Crippen LogP contribution in [0.1, 0.15) is 6.92 Å². The van der Waals surface area contributed by atoms with Crippen molar-refractivity contribution in [2.75, 3.05) is 13.2 Å². The van der Waals surface area contributed by atoms with E-state index >= 15 is 0 Å². The molecule has 0 rings (SSSR count). The lowest BCUT2D eigenvalue weighted by molar-refractivity contribution is -0.121. The van der Waals surface area contributed by atoms with Crippen LogP contribution in [0.25, 0.3) is 0 Å². The molecule has 0 aromatic heterocycles. The standard InChI is InChI=1S/C5H11F3N2O3S/c1-4(2-11)10-14(12,13)9-3-5(6,7)8/h4,9-11H,2-3H2,1H3/t4-/m0/s1. The second kappa shape index (κ2) is 4.91. The van der Waals surface area contributed by atoms with Gasteiger partial charge in [-0.25, -0.2) is 0 Å². The summed E-state index contributed by atoms with van der Waals surface area (Å²) in [5, 5.41) is 8.45. The van der Waals surface area contributed by atoms with E-state index < -0.39 is 35.6 Å². The maximum atomic E-state index is 11.6. The van der Waals surface area contributed by atoms with Crippen molar-refractivity contribution in [3.05, 3.63) is 0 Å². The van der Waals surface area contributed by atoms with Gasteiger partial charge in [0, 0.05) is 6.04 Å². The highest BCUT2D eigenvalue weighted by Crippen LogP contribution is 2.12. The van der Waals surface area contributed by atoms with Crippen LogP contribution >= 0.6 is 0 Å². The average Bonchev–Trinajstić information content (AvgIpc) is 1.99. The first-order valence-electron chi connectivity index (χ1n) is 3.61. The third-order valence-electron chi connectivity index (χ3n) is 1.09. The molecule has 0 aliphatic rings. The number of halogens is 3. The molecule has 86 valence electrons. The van der Waals surface area contributed by atoms with Gasteiger partial charge >= 0.3 is 6.18 Å². The zero-order chi connectivity index (χ0) is 11.4. The number of rotatable bonds is 5. The molecule has 0 amide bonds. The minimum absolute atomic E-state index is 0.493. The van der Waals surface area contributed by atoms with Crippen molar-refractivity contribution in [2.24, 2.45) is 0 Å². The normalized spacial score (nSPS) is 15.5. The Balaban J connectivity index is 4.10. The fraction of sp³-hybridized carbons (Fsp3) is 1.00. The minimum Gasteiger partial charge on any atom is -0.395 e. The molecule has 0 heterocycles. The van der Waals surface area contributed by atoms with Gasteiger partial charge in [0.1, 0.15) is 6.54 Å². The number of aliphatic hydroxyl groups is 1. The predicted octanol–water partition coefficient (Wildman–Crippen LogP) is -0.647. The summed E-state index contributed by atoms with van der Waals surface area (Å²) in [6.45, 7) is -0.819. The van der Waals surface area contributed by atoms with Gasteiger partial charge in [-0.15, -0.1) is 0 Å². The highest BCUT2D eigenvalue weighted by Gasteiger charge is 2.29. The molecule has 0 unspecified atom stereocenters. The van der Waals surface area contributed by atoms with Gasteiger partial charge in [-0.05, 0) is 6.92 Å². The van der Waals surface area contributed by atoms with E-state index in [-0.39, 0.29) is 0 Å². The number of nitrogens with one attached hydrogen (secondary N) is 2. The van der Waals surface area contributed by atoms with E-state index in [1.54, 1.807) is 4.72 Å². The van der Waals surface area contributed by atoms with Crippen molar-refractivity contribution in [1.29, 1.82) is 0 Å². The Morgan fingerprint density at radius 2 is 1.93 bits per heavy atom. The topological polar surface area (TPSA) is 78.4 Å². The van der Waals surface area contributed by atoms with Crippen molar-refractivity contribution >= 4 is 10.2 Å². The monoisotopic (exact) mass is 236 g/mol. The van der Waals surface area contributed by atoms with Crippen LogP contribution in [0, 0.1) is 0 Å². The van der Waals surface area contributed by atoms with E-state index in [0.29, 0.717) is 0 Å². The highest BCUT2D eigenvalue weighted by atomic mass is 32.2. The molecular formula is C5H11F3N2O3S. The van der Waals surface area contributed by atoms with E-state index in [1.807, 2.05) is 0 Å². The van der Waals surface area contributed by atoms with Crippen LogP contribution in [0.5, 0.6) is 0 Å². The second-order valence-electron chi connectivity index (χ2n) is 2.64. The van der Waals surface area contributed by atoms with Gasteiger partial charge in [0.05, 0.1) is 6.61 Å². The second-order valence-corrected chi connectivity index (χ2v) is 4.17. The van der Waals surface area contributed by atoms with Gasteiger partial charge in [-0.3, -0.25) is 0 Å². The van der Waals surface area contributed by atoms with Crippen LogP contribution in [0.4, 0.5) is 13.2 Å². The molecule has 0 fully saturated rings. The summed E-state index contributed by atoms with van der Waals surface area (Å²) in [4.78, 5) is 0. The summed E-state index contributed by atoms with van der Waals surface area (Å²) < 4.78 is 59.5. The van der Waals surface area contributed by atoms with Crippen molar-refractivity contribution in [3.63, 3.8) is 0 Å². The van der Waals surface area contributed by atoms with Crippen LogP contribution in [-0.4, -0.2) is 38.9 Å². The number of alkyl halides is 3. The fourth-order valence-electron chi connectivity index (χ4n) is 0.521. The largest absolute Gasteiger partial charge is 0.402 e. The van der Waals surface area contributed by atoms with Crippen molar-refractivity contribution in [3.8, 4) is 0 Å². The molecule has 0 aliphatic carbocycles. The van der Waals surface area contributed by atoms with Crippen LogP contribution in [-0.2, 0) is 10.2 Å². The van der Waals surface area contributed by atoms with Crippen LogP contribution < -0.4 is 9.44 Å². The first-order valence-corrected chi connectivity index (χ1v) is 5.09. The highest BCUT2D eigenvalue weighted by molar-refractivity contribution is 7.87. The SMILES string of the molecule is C[C@@H](CO)NS(=O)(=O)NCC(F)(F)F. The third-order valence-corrected chi connectivity index (χ3v) is 2.33. The van der Waals surface area contributed by atoms with E-state index in [9.17, 15) is 21.6 Å². The maximum Gasteiger partial charge on any atom is 0.402 e. The van der Waals surface area contributed by atoms with Crippen LogP contribution in [0.15, 0.2) is 0 Å². The maximum absolute atomic E-state index is 11.6. The molecule has 5 nitrogen and oxygen atoms in total. The van der Waals surface area contributed by atoms with Crippen molar-refractivity contribution in [1.82, 2.24) is 9.44 Å². The molecule has 9 heteroatoms. The molecule has 0 aromatic carbocycles. The summed E-state index contributed by atoms with van der Waals surface area (Å²) in [6, 6.07) is -0.833. The zero-order valence-corrected chi connectivity index (χ0v) is 8.11. The number of hydrogen-bond donors (Lipinski definition) is 3. The van der Waals surface area contributed by atoms with E-state index in [1.165, 1.54) is 11.6 Å². The summed E-state index contributed by atoms with van der Waals surface area (Å²) in [5.74, 6) is 0. The Labute approximate surface area is 79.5 Å². The first-order chi connectivity index (χ1) is 6.16. The number of aliphatic hydroxyl groups excluding tert-OH is 1. The Kier molecular flexibility index (Phi) is 4.78. The molecule has 1 atom stereocenters. The van der Waals surface area contributed by atoms with Crippen LogP contribution in [0.3, 0.4) is 0 Å². The zero-order valence-electron chi connectivity index (χ0n) is 7.30. The molecule has 3 N–H and O–H groups in total. The molecule has 0 aliphatic heterocycles. The number of hydrogen-bond acceptors (Lipinski definition) is 3. The smallest absolute Gasteiger partial charge is 0.395 e. The van der Waals surface area contributed by atoms with Crippen molar-refractivity contribution < 1.29 is 26.7 Å². The van der Waals surface area contributed by atoms with E-state index in [0.717, 1.165) is 0 Å². The first kappa shape index (κ1) is 13.6. The third kappa shape index (κ3) is 7.06. The Morgan fingerprint density at radius 1 is 1.43 bits per heavy atom. The van der Waals surface area contributed by atoms with Crippen molar-refractivity contribution in [2.45, 2.75) is 19.1 Å². The van der Waals surface area contributed by atoms with Gasteiger partial charge in [-0.2, -0.15) is 31.0 Å². The molecule has 14 heavy (non-hydrogen) atoms. The lowest BCUT2D eigenvalue weighted by Gasteiger charge is -2.13. The van der Waals surface area contributed by atoms with E-state index in [2.05, 4.69) is 0 Å². The average molecular weight is 236 g/mol. The fourth-order valence-corrected chi connectivity index (χ4v) is 1.56. The Bertz CT molecular complexity index is 264. The quantitative estimate of drug-likeness (QED) is 0.593. The van der Waals surface area contributed by atoms with Gasteiger partial charge in [-0.1, -0.05) is 0 Å². The predicted molar refractivity (Wildman–Crippen MR) is 42.7 cm³/mol. The summed E-state index contributed by atoms with van der Waals surface area (Å²) in [7, 11) is -4.21. The summed E-state index contributed by atoms with van der Waals surface area (Å²) in [5.41, 5.74) is 0. The van der Waals surface area contributed by atoms with Gasteiger partial charge < -0.3 is 5.11 Å². The molecule has 0 bridgehead atoms. The van der Waals surface area contributed by atoms with E-state index in [4.69, 9.17) is 5.11 Å². The lowest BCUT2D eigenvalue weighted by Crippen LogP contribution is -2.45. The van der Waals surface area contributed by atoms with Gasteiger partial charge in [0.2, 0.25) is 0 Å². The van der Waals surface area contributed by atoms with Gasteiger partial charge in [0.15, 0.2) is 0 Å². The molecular weight excluding hydrogens is 225 g/mol. The lowest BCUT2D eigenvalue weighted by atomic mass is 10.4. The van der Waals surface area contributed by atoms with Crippen LogP contribution in [0.2, 0.25) is 0 Å². The summed E-state index contributed by atoms with van der Waals surface area (Å²) in [6.07, 6.45) is -4.60.